The van der Waals surface area contributed by atoms with Crippen LogP contribution < -0.4 is 5.32 Å². The molecule has 2 aromatic rings. The summed E-state index contributed by atoms with van der Waals surface area (Å²) in [7, 11) is -3.53. The minimum atomic E-state index is -3.53. The molecule has 0 radical (unpaired) electrons. The summed E-state index contributed by atoms with van der Waals surface area (Å²) in [6.07, 6.45) is 3.03. The molecule has 0 spiro atoms. The average molecular weight is 504 g/mol. The normalized spacial score (nSPS) is 20.2. The highest BCUT2D eigenvalue weighted by Gasteiger charge is 2.30. The topological polar surface area (TPSA) is 86.8 Å². The monoisotopic (exact) mass is 503 g/mol. The fraction of sp³-hybridized carbons (Fsp3) is 0.440. The Labute approximate surface area is 206 Å². The SMILES string of the molecule is CC1CCCN(S(=O)(=O)c2ccc(NC(=O)C3CCN(C(=O)c4ccccc4Cl)CC3)cc2)C1. The number of amides is 2. The fourth-order valence-electron chi connectivity index (χ4n) is 4.62. The summed E-state index contributed by atoms with van der Waals surface area (Å²) in [5.41, 5.74) is 1.03. The summed E-state index contributed by atoms with van der Waals surface area (Å²) >= 11 is 6.15. The number of piperidine rings is 2. The second-order valence-corrected chi connectivity index (χ2v) is 11.5. The second kappa shape index (κ2) is 10.5. The van der Waals surface area contributed by atoms with Crippen LogP contribution in [-0.4, -0.2) is 55.6 Å². The molecule has 4 rings (SSSR count). The lowest BCUT2D eigenvalue weighted by Gasteiger charge is -2.31. The first kappa shape index (κ1) is 24.7. The van der Waals surface area contributed by atoms with Gasteiger partial charge in [-0.3, -0.25) is 9.59 Å². The van der Waals surface area contributed by atoms with Gasteiger partial charge in [0.2, 0.25) is 15.9 Å². The number of sulfonamides is 1. The lowest BCUT2D eigenvalue weighted by atomic mass is 9.95. The first-order valence-corrected chi connectivity index (χ1v) is 13.5. The van der Waals surface area contributed by atoms with Gasteiger partial charge in [-0.1, -0.05) is 30.7 Å². The summed E-state index contributed by atoms with van der Waals surface area (Å²) < 4.78 is 27.4. The van der Waals surface area contributed by atoms with Gasteiger partial charge in [0.25, 0.3) is 5.91 Å². The minimum absolute atomic E-state index is 0.120. The van der Waals surface area contributed by atoms with E-state index in [0.717, 1.165) is 12.8 Å². The smallest absolute Gasteiger partial charge is 0.255 e. The van der Waals surface area contributed by atoms with E-state index < -0.39 is 10.0 Å². The standard InChI is InChI=1S/C25H30ClN3O4S/c1-18-5-4-14-29(17-18)34(32,33)21-10-8-20(9-11-21)27-24(30)19-12-15-28(16-13-19)25(31)22-6-2-3-7-23(22)26/h2-3,6-11,18-19H,4-5,12-17H2,1H3,(H,27,30). The van der Waals surface area contributed by atoms with Crippen LogP contribution in [0.2, 0.25) is 5.02 Å². The molecule has 1 unspecified atom stereocenters. The number of hydrogen-bond donors (Lipinski definition) is 1. The Bertz CT molecular complexity index is 1150. The molecule has 2 amide bonds. The number of carbonyl (C=O) groups is 2. The van der Waals surface area contributed by atoms with Gasteiger partial charge in [0.05, 0.1) is 15.5 Å². The Morgan fingerprint density at radius 1 is 0.971 bits per heavy atom. The summed E-state index contributed by atoms with van der Waals surface area (Å²) in [6, 6.07) is 13.3. The van der Waals surface area contributed by atoms with Gasteiger partial charge in [-0.25, -0.2) is 8.42 Å². The molecule has 1 N–H and O–H groups in total. The Hall–Kier alpha value is -2.42. The lowest BCUT2D eigenvalue weighted by molar-refractivity contribution is -0.121. The van der Waals surface area contributed by atoms with E-state index >= 15 is 0 Å². The third-order valence-corrected chi connectivity index (χ3v) is 8.85. The number of carbonyl (C=O) groups excluding carboxylic acids is 2. The van der Waals surface area contributed by atoms with Gasteiger partial charge < -0.3 is 10.2 Å². The van der Waals surface area contributed by atoms with Crippen molar-refractivity contribution < 1.29 is 18.0 Å². The Kier molecular flexibility index (Phi) is 7.60. The molecule has 0 saturated carbocycles. The molecule has 2 fully saturated rings. The van der Waals surface area contributed by atoms with E-state index in [4.69, 9.17) is 11.6 Å². The Morgan fingerprint density at radius 2 is 1.65 bits per heavy atom. The maximum absolute atomic E-state index is 12.9. The van der Waals surface area contributed by atoms with Crippen LogP contribution in [0.25, 0.3) is 0 Å². The van der Waals surface area contributed by atoms with Crippen LogP contribution in [0.5, 0.6) is 0 Å². The zero-order valence-corrected chi connectivity index (χ0v) is 20.8. The zero-order chi connectivity index (χ0) is 24.3. The highest BCUT2D eigenvalue weighted by atomic mass is 35.5. The van der Waals surface area contributed by atoms with E-state index in [1.54, 1.807) is 57.7 Å². The van der Waals surface area contributed by atoms with E-state index in [2.05, 4.69) is 12.2 Å². The van der Waals surface area contributed by atoms with Gasteiger partial charge in [-0.05, 0) is 68.0 Å². The average Bonchev–Trinajstić information content (AvgIpc) is 2.84. The van der Waals surface area contributed by atoms with Crippen LogP contribution in [0, 0.1) is 11.8 Å². The number of halogens is 1. The number of hydrogen-bond acceptors (Lipinski definition) is 4. The maximum atomic E-state index is 12.9. The van der Waals surface area contributed by atoms with E-state index in [0.29, 0.717) is 61.2 Å². The summed E-state index contributed by atoms with van der Waals surface area (Å²) in [4.78, 5) is 27.5. The molecule has 2 heterocycles. The van der Waals surface area contributed by atoms with Crippen molar-refractivity contribution in [1.82, 2.24) is 9.21 Å². The first-order chi connectivity index (χ1) is 16.3. The molecule has 2 aromatic carbocycles. The van der Waals surface area contributed by atoms with Crippen LogP contribution in [0.1, 0.15) is 43.0 Å². The molecule has 7 nitrogen and oxygen atoms in total. The number of rotatable bonds is 5. The van der Waals surface area contributed by atoms with Gasteiger partial charge >= 0.3 is 0 Å². The number of nitrogens with zero attached hydrogens (tertiary/aromatic N) is 2. The van der Waals surface area contributed by atoms with Crippen LogP contribution in [-0.2, 0) is 14.8 Å². The molecule has 0 aromatic heterocycles. The third-order valence-electron chi connectivity index (χ3n) is 6.64. The molecule has 2 saturated heterocycles. The minimum Gasteiger partial charge on any atom is -0.339 e. The molecule has 34 heavy (non-hydrogen) atoms. The molecule has 182 valence electrons. The molecule has 0 aliphatic carbocycles. The van der Waals surface area contributed by atoms with Crippen molar-refractivity contribution in [3.05, 3.63) is 59.1 Å². The summed E-state index contributed by atoms with van der Waals surface area (Å²) in [6.45, 7) is 4.11. The predicted octanol–water partition coefficient (Wildman–Crippen LogP) is 4.25. The number of likely N-dealkylation sites (tertiary alicyclic amines) is 1. The molecule has 1 atom stereocenters. The van der Waals surface area contributed by atoms with Gasteiger partial charge in [-0.2, -0.15) is 4.31 Å². The summed E-state index contributed by atoms with van der Waals surface area (Å²) in [5, 5.41) is 3.31. The fourth-order valence-corrected chi connectivity index (χ4v) is 6.43. The van der Waals surface area contributed by atoms with Crippen molar-refractivity contribution in [2.24, 2.45) is 11.8 Å². The summed E-state index contributed by atoms with van der Waals surface area (Å²) in [5.74, 6) is -0.100. The third kappa shape index (κ3) is 5.45. The molecule has 2 aliphatic heterocycles. The second-order valence-electron chi connectivity index (χ2n) is 9.17. The van der Waals surface area contributed by atoms with E-state index in [1.165, 1.54) is 0 Å². The molecular formula is C25H30ClN3O4S. The van der Waals surface area contributed by atoms with Crippen LogP contribution in [0.15, 0.2) is 53.4 Å². The van der Waals surface area contributed by atoms with Crippen molar-refractivity contribution in [3.8, 4) is 0 Å². The van der Waals surface area contributed by atoms with Crippen LogP contribution in [0.3, 0.4) is 0 Å². The first-order valence-electron chi connectivity index (χ1n) is 11.7. The van der Waals surface area contributed by atoms with Crippen molar-refractivity contribution in [2.45, 2.75) is 37.5 Å². The molecule has 0 bridgehead atoms. The molecule has 2 aliphatic rings. The van der Waals surface area contributed by atoms with Crippen LogP contribution >= 0.6 is 11.6 Å². The molecular weight excluding hydrogens is 474 g/mol. The van der Waals surface area contributed by atoms with Gasteiger partial charge in [-0.15, -0.1) is 0 Å². The highest BCUT2D eigenvalue weighted by molar-refractivity contribution is 7.89. The van der Waals surface area contributed by atoms with Crippen molar-refractivity contribution in [3.63, 3.8) is 0 Å². The van der Waals surface area contributed by atoms with Gasteiger partial charge in [0.1, 0.15) is 0 Å². The van der Waals surface area contributed by atoms with E-state index in [-0.39, 0.29) is 22.6 Å². The molecule has 9 heteroatoms. The van der Waals surface area contributed by atoms with Gasteiger partial charge in [0, 0.05) is 37.8 Å². The van der Waals surface area contributed by atoms with E-state index in [1.807, 2.05) is 0 Å². The zero-order valence-electron chi connectivity index (χ0n) is 19.2. The predicted molar refractivity (Wildman–Crippen MR) is 132 cm³/mol. The Balaban J connectivity index is 1.32. The van der Waals surface area contributed by atoms with E-state index in [9.17, 15) is 18.0 Å². The number of anilines is 1. The lowest BCUT2D eigenvalue weighted by Crippen LogP contribution is -2.41. The van der Waals surface area contributed by atoms with Crippen molar-refractivity contribution in [2.75, 3.05) is 31.5 Å². The Morgan fingerprint density at radius 3 is 2.29 bits per heavy atom. The van der Waals surface area contributed by atoms with Gasteiger partial charge in [0.15, 0.2) is 0 Å². The number of benzene rings is 2. The maximum Gasteiger partial charge on any atom is 0.255 e. The van der Waals surface area contributed by atoms with Crippen LogP contribution in [0.4, 0.5) is 5.69 Å². The quantitative estimate of drug-likeness (QED) is 0.660. The highest BCUT2D eigenvalue weighted by Crippen LogP contribution is 2.26. The van der Waals surface area contributed by atoms with Crippen molar-refractivity contribution in [1.29, 1.82) is 0 Å². The largest absolute Gasteiger partial charge is 0.339 e. The number of nitrogens with one attached hydrogen (secondary N) is 1. The van der Waals surface area contributed by atoms with Crippen molar-refractivity contribution >= 4 is 39.1 Å².